The largest absolute Gasteiger partial charge is 0.314 e. The van der Waals surface area contributed by atoms with Crippen molar-refractivity contribution in [1.82, 2.24) is 5.32 Å². The minimum absolute atomic E-state index is 0.154. The summed E-state index contributed by atoms with van der Waals surface area (Å²) in [6, 6.07) is 3.38. The first-order chi connectivity index (χ1) is 9.48. The van der Waals surface area contributed by atoms with Crippen molar-refractivity contribution in [1.29, 1.82) is 0 Å². The summed E-state index contributed by atoms with van der Waals surface area (Å²) in [6.45, 7) is 0.889. The van der Waals surface area contributed by atoms with Gasteiger partial charge in [0.25, 0.3) is 0 Å². The standard InChI is InChI=1S/C13H18F2N2O2S/c14-11-5-3-6-12(15)13(11)17-20(18,19)9-7-10-4-1-2-8-16-10/h3,5-6,10,16-17H,1-2,4,7-9H2. The third-order valence-corrected chi connectivity index (χ3v) is 4.66. The van der Waals surface area contributed by atoms with E-state index in [9.17, 15) is 17.2 Å². The highest BCUT2D eigenvalue weighted by Gasteiger charge is 2.20. The molecule has 1 atom stereocenters. The zero-order valence-corrected chi connectivity index (χ0v) is 11.8. The number of anilines is 1. The number of nitrogens with one attached hydrogen (secondary N) is 2. The average molecular weight is 304 g/mol. The quantitative estimate of drug-likeness (QED) is 0.877. The van der Waals surface area contributed by atoms with Crippen molar-refractivity contribution in [2.75, 3.05) is 17.0 Å². The summed E-state index contributed by atoms with van der Waals surface area (Å²) >= 11 is 0. The second kappa shape index (κ2) is 6.49. The Morgan fingerprint density at radius 2 is 1.95 bits per heavy atom. The van der Waals surface area contributed by atoms with Crippen molar-refractivity contribution < 1.29 is 17.2 Å². The Morgan fingerprint density at radius 3 is 2.55 bits per heavy atom. The Labute approximate surface area is 117 Å². The molecule has 1 unspecified atom stereocenters. The van der Waals surface area contributed by atoms with Gasteiger partial charge in [0, 0.05) is 6.04 Å². The van der Waals surface area contributed by atoms with Gasteiger partial charge >= 0.3 is 0 Å². The van der Waals surface area contributed by atoms with Crippen LogP contribution >= 0.6 is 0 Å². The summed E-state index contributed by atoms with van der Waals surface area (Å²) in [6.07, 6.45) is 3.55. The van der Waals surface area contributed by atoms with Gasteiger partial charge in [-0.15, -0.1) is 0 Å². The molecule has 0 aromatic heterocycles. The highest BCUT2D eigenvalue weighted by molar-refractivity contribution is 7.92. The molecule has 7 heteroatoms. The first kappa shape index (κ1) is 15.2. The van der Waals surface area contributed by atoms with E-state index in [0.29, 0.717) is 6.42 Å². The summed E-state index contributed by atoms with van der Waals surface area (Å²) < 4.78 is 52.5. The van der Waals surface area contributed by atoms with Crippen LogP contribution in [0.5, 0.6) is 0 Å². The Kier molecular flexibility index (Phi) is 4.93. The fourth-order valence-electron chi connectivity index (χ4n) is 2.27. The molecule has 1 aliphatic heterocycles. The van der Waals surface area contributed by atoms with Crippen LogP contribution in [0.15, 0.2) is 18.2 Å². The lowest BCUT2D eigenvalue weighted by molar-refractivity contribution is 0.393. The number of benzene rings is 1. The van der Waals surface area contributed by atoms with Crippen molar-refractivity contribution in [2.24, 2.45) is 0 Å². The van der Waals surface area contributed by atoms with Gasteiger partial charge in [-0.3, -0.25) is 4.72 Å². The Hall–Kier alpha value is -1.21. The lowest BCUT2D eigenvalue weighted by Crippen LogP contribution is -2.36. The first-order valence-electron chi connectivity index (χ1n) is 6.66. The van der Waals surface area contributed by atoms with Crippen molar-refractivity contribution in [3.8, 4) is 0 Å². The third-order valence-electron chi connectivity index (χ3n) is 3.37. The molecule has 1 aliphatic rings. The molecule has 0 radical (unpaired) electrons. The molecule has 1 heterocycles. The van der Waals surface area contributed by atoms with E-state index in [4.69, 9.17) is 0 Å². The van der Waals surface area contributed by atoms with E-state index in [-0.39, 0.29) is 11.8 Å². The van der Waals surface area contributed by atoms with Crippen molar-refractivity contribution in [3.63, 3.8) is 0 Å². The predicted molar refractivity (Wildman–Crippen MR) is 74.0 cm³/mol. The van der Waals surface area contributed by atoms with Crippen LogP contribution in [0.4, 0.5) is 14.5 Å². The fourth-order valence-corrected chi connectivity index (χ4v) is 3.47. The summed E-state index contributed by atoms with van der Waals surface area (Å²) in [5.41, 5.74) is -0.607. The molecule has 1 aromatic rings. The van der Waals surface area contributed by atoms with Crippen LogP contribution in [-0.2, 0) is 10.0 Å². The molecule has 1 fully saturated rings. The maximum atomic E-state index is 13.4. The highest BCUT2D eigenvalue weighted by atomic mass is 32.2. The topological polar surface area (TPSA) is 58.2 Å². The average Bonchev–Trinajstić information content (AvgIpc) is 2.42. The normalized spacial score (nSPS) is 19.8. The minimum atomic E-state index is -3.75. The number of sulfonamides is 1. The highest BCUT2D eigenvalue weighted by Crippen LogP contribution is 2.20. The Balaban J connectivity index is 1.96. The lowest BCUT2D eigenvalue weighted by Gasteiger charge is -2.23. The summed E-state index contributed by atoms with van der Waals surface area (Å²) in [4.78, 5) is 0. The molecule has 0 bridgehead atoms. The number of para-hydroxylation sites is 1. The number of hydrogen-bond donors (Lipinski definition) is 2. The van der Waals surface area contributed by atoms with E-state index >= 15 is 0 Å². The summed E-state index contributed by atoms with van der Waals surface area (Å²) in [7, 11) is -3.75. The van der Waals surface area contributed by atoms with Crippen LogP contribution in [0.2, 0.25) is 0 Å². The molecule has 112 valence electrons. The second-order valence-corrected chi connectivity index (χ2v) is 6.79. The summed E-state index contributed by atoms with van der Waals surface area (Å²) in [5.74, 6) is -1.98. The number of halogens is 2. The van der Waals surface area contributed by atoms with Crippen LogP contribution in [0.1, 0.15) is 25.7 Å². The maximum Gasteiger partial charge on any atom is 0.232 e. The van der Waals surface area contributed by atoms with E-state index in [2.05, 4.69) is 5.32 Å². The van der Waals surface area contributed by atoms with Crippen LogP contribution in [0.25, 0.3) is 0 Å². The van der Waals surface area contributed by atoms with Gasteiger partial charge in [-0.1, -0.05) is 12.5 Å². The molecule has 4 nitrogen and oxygen atoms in total. The third kappa shape index (κ3) is 4.14. The minimum Gasteiger partial charge on any atom is -0.314 e. The SMILES string of the molecule is O=S(=O)(CCC1CCCCN1)Nc1c(F)cccc1F. The lowest BCUT2D eigenvalue weighted by atomic mass is 10.0. The van der Waals surface area contributed by atoms with Crippen molar-refractivity contribution >= 4 is 15.7 Å². The van der Waals surface area contributed by atoms with Gasteiger partial charge < -0.3 is 5.32 Å². The number of rotatable bonds is 5. The smallest absolute Gasteiger partial charge is 0.232 e. The maximum absolute atomic E-state index is 13.4. The molecule has 2 rings (SSSR count). The summed E-state index contributed by atoms with van der Waals surface area (Å²) in [5, 5.41) is 3.24. The number of hydrogen-bond acceptors (Lipinski definition) is 3. The van der Waals surface area contributed by atoms with Gasteiger partial charge in [0.2, 0.25) is 10.0 Å². The molecule has 20 heavy (non-hydrogen) atoms. The first-order valence-corrected chi connectivity index (χ1v) is 8.31. The molecule has 1 aromatic carbocycles. The molecular formula is C13H18F2N2O2S. The zero-order chi connectivity index (χ0) is 14.6. The second-order valence-electron chi connectivity index (χ2n) is 4.95. The van der Waals surface area contributed by atoms with Crippen LogP contribution in [0.3, 0.4) is 0 Å². The van der Waals surface area contributed by atoms with E-state index in [1.54, 1.807) is 0 Å². The van der Waals surface area contributed by atoms with Gasteiger partial charge in [-0.25, -0.2) is 17.2 Å². The molecule has 0 spiro atoms. The van der Waals surface area contributed by atoms with E-state index in [1.165, 1.54) is 6.07 Å². The fraction of sp³-hybridized carbons (Fsp3) is 0.538. The van der Waals surface area contributed by atoms with Gasteiger partial charge in [0.05, 0.1) is 5.75 Å². The monoisotopic (exact) mass is 304 g/mol. The van der Waals surface area contributed by atoms with E-state index in [1.807, 2.05) is 4.72 Å². The van der Waals surface area contributed by atoms with Gasteiger partial charge in [-0.05, 0) is 37.9 Å². The van der Waals surface area contributed by atoms with Crippen molar-refractivity contribution in [2.45, 2.75) is 31.7 Å². The molecule has 1 saturated heterocycles. The molecule has 2 N–H and O–H groups in total. The number of piperidine rings is 1. The predicted octanol–water partition coefficient (Wildman–Crippen LogP) is 2.24. The molecule has 0 saturated carbocycles. The Bertz CT molecular complexity index is 537. The van der Waals surface area contributed by atoms with E-state index < -0.39 is 27.3 Å². The van der Waals surface area contributed by atoms with E-state index in [0.717, 1.165) is 37.9 Å². The Morgan fingerprint density at radius 1 is 1.25 bits per heavy atom. The van der Waals surface area contributed by atoms with Gasteiger partial charge in [-0.2, -0.15) is 0 Å². The molecular weight excluding hydrogens is 286 g/mol. The molecule has 0 amide bonds. The molecule has 0 aliphatic carbocycles. The van der Waals surface area contributed by atoms with Crippen molar-refractivity contribution in [3.05, 3.63) is 29.8 Å². The zero-order valence-electron chi connectivity index (χ0n) is 11.0. The van der Waals surface area contributed by atoms with Crippen LogP contribution in [-0.4, -0.2) is 26.8 Å². The van der Waals surface area contributed by atoms with Crippen LogP contribution in [0, 0.1) is 11.6 Å². The van der Waals surface area contributed by atoms with Crippen LogP contribution < -0.4 is 10.0 Å². The van der Waals surface area contributed by atoms with Gasteiger partial charge in [0.15, 0.2) is 0 Å². The van der Waals surface area contributed by atoms with Gasteiger partial charge in [0.1, 0.15) is 17.3 Å².